The maximum atomic E-state index is 11.5. The smallest absolute Gasteiger partial charge is 0.307 e. The molecule has 0 aliphatic carbocycles. The summed E-state index contributed by atoms with van der Waals surface area (Å²) in [6, 6.07) is 9.07. The first-order chi connectivity index (χ1) is 13.0. The summed E-state index contributed by atoms with van der Waals surface area (Å²) in [7, 11) is 6.17. The van der Waals surface area contributed by atoms with Crippen LogP contribution in [0.25, 0.3) is 22.2 Å². The zero-order valence-corrected chi connectivity index (χ0v) is 15.6. The van der Waals surface area contributed by atoms with Crippen molar-refractivity contribution < 1.29 is 28.8 Å². The molecule has 0 bridgehead atoms. The fraction of sp³-hybridized carbons (Fsp3) is 0.250. The first-order valence-corrected chi connectivity index (χ1v) is 8.23. The van der Waals surface area contributed by atoms with E-state index in [-0.39, 0.29) is 6.42 Å². The number of aliphatic carboxylic acids is 1. The number of carbonyl (C=O) groups is 1. The number of rotatable bonds is 7. The van der Waals surface area contributed by atoms with Crippen molar-refractivity contribution in [2.24, 2.45) is 0 Å². The number of carboxylic acids is 1. The Hall–Kier alpha value is -3.35. The van der Waals surface area contributed by atoms with Crippen LogP contribution < -0.4 is 18.9 Å². The minimum atomic E-state index is -0.931. The van der Waals surface area contributed by atoms with Crippen molar-refractivity contribution in [2.45, 2.75) is 6.42 Å². The van der Waals surface area contributed by atoms with Crippen molar-refractivity contribution >= 4 is 16.9 Å². The minimum Gasteiger partial charge on any atom is -0.497 e. The van der Waals surface area contributed by atoms with Crippen molar-refractivity contribution in [3.63, 3.8) is 0 Å². The number of methoxy groups -OCH3 is 4. The van der Waals surface area contributed by atoms with E-state index in [1.54, 1.807) is 20.3 Å². The molecule has 0 spiro atoms. The predicted molar refractivity (Wildman–Crippen MR) is 101 cm³/mol. The molecule has 2 aromatic carbocycles. The fourth-order valence-corrected chi connectivity index (χ4v) is 3.22. The molecular formula is C20H21NO6. The van der Waals surface area contributed by atoms with Gasteiger partial charge in [-0.1, -0.05) is 0 Å². The Kier molecular flexibility index (Phi) is 5.12. The van der Waals surface area contributed by atoms with Crippen LogP contribution in [-0.2, 0) is 11.2 Å². The van der Waals surface area contributed by atoms with Crippen LogP contribution in [0.15, 0.2) is 30.3 Å². The van der Waals surface area contributed by atoms with Crippen LogP contribution in [0.4, 0.5) is 0 Å². The molecule has 7 nitrogen and oxygen atoms in total. The van der Waals surface area contributed by atoms with Crippen LogP contribution in [-0.4, -0.2) is 44.5 Å². The zero-order valence-electron chi connectivity index (χ0n) is 15.6. The van der Waals surface area contributed by atoms with Gasteiger partial charge in [0.15, 0.2) is 11.5 Å². The molecule has 3 aromatic rings. The van der Waals surface area contributed by atoms with Gasteiger partial charge in [-0.15, -0.1) is 0 Å². The minimum absolute atomic E-state index is 0.153. The van der Waals surface area contributed by atoms with E-state index in [4.69, 9.17) is 18.9 Å². The van der Waals surface area contributed by atoms with Gasteiger partial charge in [-0.2, -0.15) is 0 Å². The van der Waals surface area contributed by atoms with Gasteiger partial charge in [0.2, 0.25) is 5.75 Å². The monoisotopic (exact) mass is 371 g/mol. The topological polar surface area (TPSA) is 90.0 Å². The fourth-order valence-electron chi connectivity index (χ4n) is 3.22. The maximum absolute atomic E-state index is 11.5. The second-order valence-corrected chi connectivity index (χ2v) is 5.84. The van der Waals surface area contributed by atoms with Gasteiger partial charge in [0, 0.05) is 16.5 Å². The van der Waals surface area contributed by atoms with E-state index in [2.05, 4.69) is 4.98 Å². The van der Waals surface area contributed by atoms with E-state index in [9.17, 15) is 9.90 Å². The second kappa shape index (κ2) is 7.49. The van der Waals surface area contributed by atoms with Gasteiger partial charge in [0.05, 0.1) is 40.6 Å². The third-order valence-corrected chi connectivity index (χ3v) is 4.41. The van der Waals surface area contributed by atoms with Crippen molar-refractivity contribution in [1.29, 1.82) is 0 Å². The molecule has 142 valence electrons. The number of carboxylic acid groups (broad SMARTS) is 1. The van der Waals surface area contributed by atoms with Gasteiger partial charge in [-0.3, -0.25) is 4.79 Å². The third-order valence-electron chi connectivity index (χ3n) is 4.41. The van der Waals surface area contributed by atoms with Crippen molar-refractivity contribution in [2.75, 3.05) is 28.4 Å². The Bertz CT molecular complexity index is 992. The van der Waals surface area contributed by atoms with Crippen LogP contribution in [0.5, 0.6) is 23.0 Å². The molecule has 0 aliphatic heterocycles. The first kappa shape index (κ1) is 18.4. The van der Waals surface area contributed by atoms with Gasteiger partial charge in [0.25, 0.3) is 0 Å². The predicted octanol–water partition coefficient (Wildman–Crippen LogP) is 3.50. The van der Waals surface area contributed by atoms with Crippen LogP contribution >= 0.6 is 0 Å². The van der Waals surface area contributed by atoms with Gasteiger partial charge in [0.1, 0.15) is 5.75 Å². The molecule has 2 N–H and O–H groups in total. The lowest BCUT2D eigenvalue weighted by Gasteiger charge is -2.16. The molecule has 0 unspecified atom stereocenters. The van der Waals surface area contributed by atoms with Crippen molar-refractivity contribution in [3.8, 4) is 34.3 Å². The van der Waals surface area contributed by atoms with E-state index in [1.807, 2.05) is 24.3 Å². The van der Waals surface area contributed by atoms with Crippen LogP contribution in [0.3, 0.4) is 0 Å². The molecule has 27 heavy (non-hydrogen) atoms. The number of ether oxygens (including phenoxy) is 4. The Morgan fingerprint density at radius 1 is 0.963 bits per heavy atom. The van der Waals surface area contributed by atoms with Gasteiger partial charge in [-0.05, 0) is 35.9 Å². The number of aromatic nitrogens is 1. The average molecular weight is 371 g/mol. The highest BCUT2D eigenvalue weighted by Crippen LogP contribution is 2.46. The van der Waals surface area contributed by atoms with Crippen molar-refractivity contribution in [1.82, 2.24) is 4.98 Å². The Balaban J connectivity index is 2.32. The number of aromatic amines is 1. The largest absolute Gasteiger partial charge is 0.497 e. The average Bonchev–Trinajstić information content (AvgIpc) is 3.03. The lowest BCUT2D eigenvalue weighted by Crippen LogP contribution is -2.02. The molecule has 0 saturated carbocycles. The highest BCUT2D eigenvalue weighted by atomic mass is 16.5. The van der Waals surface area contributed by atoms with Gasteiger partial charge < -0.3 is 29.0 Å². The summed E-state index contributed by atoms with van der Waals surface area (Å²) in [4.78, 5) is 14.8. The van der Waals surface area contributed by atoms with Crippen LogP contribution in [0.1, 0.15) is 5.56 Å². The maximum Gasteiger partial charge on any atom is 0.307 e. The molecule has 0 radical (unpaired) electrons. The Morgan fingerprint density at radius 3 is 2.30 bits per heavy atom. The molecule has 0 fully saturated rings. The summed E-state index contributed by atoms with van der Waals surface area (Å²) in [5, 5.41) is 10.2. The highest BCUT2D eigenvalue weighted by Gasteiger charge is 2.23. The van der Waals surface area contributed by atoms with E-state index < -0.39 is 5.97 Å². The third kappa shape index (κ3) is 3.23. The summed E-state index contributed by atoms with van der Waals surface area (Å²) in [6.07, 6.45) is -0.153. The molecule has 0 amide bonds. The lowest BCUT2D eigenvalue weighted by atomic mass is 10.0. The molecule has 0 saturated heterocycles. The summed E-state index contributed by atoms with van der Waals surface area (Å²) in [5.41, 5.74) is 2.78. The molecule has 0 aliphatic rings. The molecule has 3 rings (SSSR count). The second-order valence-electron chi connectivity index (χ2n) is 5.84. The van der Waals surface area contributed by atoms with Gasteiger partial charge >= 0.3 is 5.97 Å². The molecular weight excluding hydrogens is 350 g/mol. The zero-order chi connectivity index (χ0) is 19.6. The quantitative estimate of drug-likeness (QED) is 0.661. The van der Waals surface area contributed by atoms with Gasteiger partial charge in [-0.25, -0.2) is 0 Å². The number of benzene rings is 2. The lowest BCUT2D eigenvalue weighted by molar-refractivity contribution is -0.136. The van der Waals surface area contributed by atoms with E-state index >= 15 is 0 Å². The summed E-state index contributed by atoms with van der Waals surface area (Å²) in [6.45, 7) is 0. The van der Waals surface area contributed by atoms with Crippen LogP contribution in [0.2, 0.25) is 0 Å². The van der Waals surface area contributed by atoms with Crippen molar-refractivity contribution in [3.05, 3.63) is 35.9 Å². The molecule has 0 atom stereocenters. The number of hydrogen-bond acceptors (Lipinski definition) is 5. The highest BCUT2D eigenvalue weighted by molar-refractivity contribution is 5.96. The first-order valence-electron chi connectivity index (χ1n) is 8.23. The number of H-pyrrole nitrogens is 1. The number of fused-ring (bicyclic) bond motifs is 1. The summed E-state index contributed by atoms with van der Waals surface area (Å²) >= 11 is 0. The Labute approximate surface area is 156 Å². The SMILES string of the molecule is COc1ccc2[nH]c(-c3ccc(OC)c(OC)c3OC)c(CC(=O)O)c2c1. The molecule has 1 aromatic heterocycles. The van der Waals surface area contributed by atoms with E-state index in [0.29, 0.717) is 39.8 Å². The van der Waals surface area contributed by atoms with E-state index in [0.717, 1.165) is 10.9 Å². The normalized spacial score (nSPS) is 10.7. The molecule has 7 heteroatoms. The summed E-state index contributed by atoms with van der Waals surface area (Å²) < 4.78 is 21.6. The Morgan fingerprint density at radius 2 is 1.70 bits per heavy atom. The van der Waals surface area contributed by atoms with Crippen LogP contribution in [0, 0.1) is 0 Å². The molecule has 1 heterocycles. The number of nitrogens with one attached hydrogen (secondary N) is 1. The number of hydrogen-bond donors (Lipinski definition) is 2. The standard InChI is InChI=1S/C20H21NO6/c1-24-11-5-7-15-13(9-11)14(10-17(22)23)18(21-15)12-6-8-16(25-2)20(27-4)19(12)26-3/h5-9,21H,10H2,1-4H3,(H,22,23). The summed E-state index contributed by atoms with van der Waals surface area (Å²) in [5.74, 6) is 1.14. The van der Waals surface area contributed by atoms with E-state index in [1.165, 1.54) is 14.2 Å².